The van der Waals surface area contributed by atoms with Crippen molar-refractivity contribution in [3.05, 3.63) is 26.9 Å². The van der Waals surface area contributed by atoms with Crippen molar-refractivity contribution in [2.24, 2.45) is 0 Å². The molecule has 25 heavy (non-hydrogen) atoms. The van der Waals surface area contributed by atoms with Gasteiger partial charge in [0.1, 0.15) is 5.01 Å². The lowest BCUT2D eigenvalue weighted by Gasteiger charge is -1.98. The molecule has 12 heteroatoms. The van der Waals surface area contributed by atoms with Gasteiger partial charge in [-0.3, -0.25) is 20.2 Å². The maximum atomic E-state index is 12.1. The Morgan fingerprint density at radius 3 is 2.52 bits per heavy atom. The van der Waals surface area contributed by atoms with Gasteiger partial charge in [-0.05, 0) is 30.9 Å². The maximum absolute atomic E-state index is 12.1. The molecule has 3 rings (SSSR count). The van der Waals surface area contributed by atoms with E-state index in [9.17, 15) is 9.59 Å². The van der Waals surface area contributed by atoms with Crippen LogP contribution in [0.15, 0.2) is 15.8 Å². The largest absolute Gasteiger partial charge is 0.300 e. The summed E-state index contributed by atoms with van der Waals surface area (Å²) in [4.78, 5) is 24.5. The van der Waals surface area contributed by atoms with Crippen LogP contribution in [0.3, 0.4) is 0 Å². The van der Waals surface area contributed by atoms with E-state index in [1.54, 1.807) is 0 Å². The van der Waals surface area contributed by atoms with E-state index in [1.807, 2.05) is 25.3 Å². The normalized spacial score (nSPS) is 10.6. The first kappa shape index (κ1) is 17.9. The van der Waals surface area contributed by atoms with E-state index >= 15 is 0 Å². The van der Waals surface area contributed by atoms with Crippen LogP contribution in [0.4, 0.5) is 10.3 Å². The Hall–Kier alpha value is -1.89. The molecule has 3 aromatic rings. The molecule has 8 nitrogen and oxygen atoms in total. The molecule has 0 unspecified atom stereocenters. The molecule has 0 saturated heterocycles. The van der Waals surface area contributed by atoms with Gasteiger partial charge in [0, 0.05) is 0 Å². The minimum atomic E-state index is -0.213. The summed E-state index contributed by atoms with van der Waals surface area (Å²) >= 11 is 5.16. The zero-order valence-corrected chi connectivity index (χ0v) is 16.4. The molecule has 0 fully saturated rings. The fourth-order valence-corrected chi connectivity index (χ4v) is 4.61. The Bertz CT molecular complexity index is 902. The van der Waals surface area contributed by atoms with Gasteiger partial charge >= 0.3 is 0 Å². The van der Waals surface area contributed by atoms with Crippen molar-refractivity contribution in [3.8, 4) is 0 Å². The third-order valence-corrected chi connectivity index (χ3v) is 6.45. The minimum Gasteiger partial charge on any atom is -0.300 e. The summed E-state index contributed by atoms with van der Waals surface area (Å²) in [6, 6.07) is 1.82. The number of hydrogen-bond donors (Lipinski definition) is 2. The molecular weight excluding hydrogens is 400 g/mol. The summed E-state index contributed by atoms with van der Waals surface area (Å²) < 4.78 is 0.598. The monoisotopic (exact) mass is 412 g/mol. The zero-order valence-electron chi connectivity index (χ0n) is 13.1. The van der Waals surface area contributed by atoms with Gasteiger partial charge in [0.2, 0.25) is 16.2 Å². The second-order valence-corrected chi connectivity index (χ2v) is 9.07. The van der Waals surface area contributed by atoms with Crippen molar-refractivity contribution in [1.29, 1.82) is 0 Å². The number of nitrogens with zero attached hydrogens (tertiary/aromatic N) is 4. The van der Waals surface area contributed by atoms with E-state index < -0.39 is 0 Å². The molecule has 0 radical (unpaired) electrons. The van der Waals surface area contributed by atoms with Gasteiger partial charge < -0.3 is 0 Å². The first-order valence-electron chi connectivity index (χ1n) is 6.92. The van der Waals surface area contributed by atoms with Crippen LogP contribution in [0.5, 0.6) is 0 Å². The lowest BCUT2D eigenvalue weighted by atomic mass is 10.3. The van der Waals surface area contributed by atoms with Gasteiger partial charge in [0.25, 0.3) is 5.91 Å². The number of carbonyl (C=O) groups excluding carboxylic acids is 2. The summed E-state index contributed by atoms with van der Waals surface area (Å²) in [5.41, 5.74) is 1.04. The number of carbonyl (C=O) groups is 2. The number of aryl methyl sites for hydroxylation is 2. The Morgan fingerprint density at radius 1 is 1.08 bits per heavy atom. The fraction of sp³-hybridized carbons (Fsp3) is 0.231. The highest BCUT2D eigenvalue weighted by Crippen LogP contribution is 2.26. The highest BCUT2D eigenvalue weighted by Gasteiger charge is 2.13. The second-order valence-electron chi connectivity index (χ2n) is 4.78. The molecule has 3 aromatic heterocycles. The summed E-state index contributed by atoms with van der Waals surface area (Å²) in [5, 5.41) is 24.5. The smallest absolute Gasteiger partial charge is 0.267 e. The van der Waals surface area contributed by atoms with Crippen molar-refractivity contribution in [2.75, 3.05) is 16.4 Å². The third kappa shape index (κ3) is 5.04. The second kappa shape index (κ2) is 7.99. The molecule has 2 N–H and O–H groups in total. The van der Waals surface area contributed by atoms with Crippen molar-refractivity contribution >= 4 is 67.8 Å². The number of hydrogen-bond acceptors (Lipinski definition) is 10. The van der Waals surface area contributed by atoms with Crippen LogP contribution in [0.25, 0.3) is 0 Å². The molecule has 2 amide bonds. The number of thiophene rings is 1. The molecular formula is C13H12N6O2S4. The van der Waals surface area contributed by atoms with E-state index in [1.165, 1.54) is 45.8 Å². The van der Waals surface area contributed by atoms with Crippen LogP contribution in [-0.2, 0) is 4.79 Å². The van der Waals surface area contributed by atoms with Gasteiger partial charge in [-0.2, -0.15) is 0 Å². The number of rotatable bonds is 6. The molecule has 0 spiro atoms. The lowest BCUT2D eigenvalue weighted by molar-refractivity contribution is -0.113. The van der Waals surface area contributed by atoms with E-state index in [2.05, 4.69) is 31.0 Å². The number of anilines is 2. The van der Waals surface area contributed by atoms with Crippen molar-refractivity contribution in [1.82, 2.24) is 20.4 Å². The first-order valence-corrected chi connectivity index (χ1v) is 10.4. The summed E-state index contributed by atoms with van der Waals surface area (Å²) in [5.74, 6) is -0.239. The van der Waals surface area contributed by atoms with Crippen molar-refractivity contribution in [2.45, 2.75) is 18.2 Å². The SMILES string of the molecule is Cc1csc(C(=O)Nc2nnc(SCC(=O)Nc3nnc(C)s3)s2)c1. The average Bonchev–Trinajstić information content (AvgIpc) is 3.28. The Labute approximate surface area is 159 Å². The molecule has 0 aliphatic carbocycles. The highest BCUT2D eigenvalue weighted by molar-refractivity contribution is 8.01. The standard InChI is InChI=1S/C13H12N6O2S4/c1-6-3-8(22-4-6)10(21)15-12-18-19-13(25-12)23-5-9(20)14-11-17-16-7(2)24-11/h3-4H,5H2,1-2H3,(H,14,17,20)(H,15,18,21). The van der Waals surface area contributed by atoms with Crippen LogP contribution in [0, 0.1) is 13.8 Å². The van der Waals surface area contributed by atoms with E-state index in [0.29, 0.717) is 19.5 Å². The number of aromatic nitrogens is 4. The average molecular weight is 413 g/mol. The summed E-state index contributed by atoms with van der Waals surface area (Å²) in [7, 11) is 0. The number of amides is 2. The lowest BCUT2D eigenvalue weighted by Crippen LogP contribution is -2.13. The number of nitrogens with one attached hydrogen (secondary N) is 2. The van der Waals surface area contributed by atoms with Crippen LogP contribution < -0.4 is 10.6 Å². The molecule has 3 heterocycles. The van der Waals surface area contributed by atoms with Crippen molar-refractivity contribution < 1.29 is 9.59 Å². The molecule has 0 bridgehead atoms. The van der Waals surface area contributed by atoms with Crippen molar-refractivity contribution in [3.63, 3.8) is 0 Å². The molecule has 0 saturated carbocycles. The third-order valence-electron chi connectivity index (χ3n) is 2.68. The molecule has 130 valence electrons. The van der Waals surface area contributed by atoms with Gasteiger partial charge in [-0.25, -0.2) is 0 Å². The number of thioether (sulfide) groups is 1. The Balaban J connectivity index is 1.49. The van der Waals surface area contributed by atoms with E-state index in [0.717, 1.165) is 10.6 Å². The van der Waals surface area contributed by atoms with Crippen LogP contribution in [-0.4, -0.2) is 38.0 Å². The van der Waals surface area contributed by atoms with Gasteiger partial charge in [-0.15, -0.1) is 31.7 Å². The predicted octanol–water partition coefficient (Wildman–Crippen LogP) is 3.05. The van der Waals surface area contributed by atoms with E-state index in [4.69, 9.17) is 0 Å². The maximum Gasteiger partial charge on any atom is 0.267 e. The Morgan fingerprint density at radius 2 is 1.84 bits per heavy atom. The van der Waals surface area contributed by atoms with Crippen LogP contribution in [0.1, 0.15) is 20.2 Å². The quantitative estimate of drug-likeness (QED) is 0.473. The minimum absolute atomic E-state index is 0.172. The highest BCUT2D eigenvalue weighted by atomic mass is 32.2. The topological polar surface area (TPSA) is 110 Å². The Kier molecular flexibility index (Phi) is 5.73. The van der Waals surface area contributed by atoms with Crippen LogP contribution in [0.2, 0.25) is 0 Å². The van der Waals surface area contributed by atoms with Crippen LogP contribution >= 0.6 is 45.8 Å². The summed E-state index contributed by atoms with van der Waals surface area (Å²) in [6.45, 7) is 3.75. The van der Waals surface area contributed by atoms with E-state index in [-0.39, 0.29) is 17.6 Å². The molecule has 0 aliphatic rings. The predicted molar refractivity (Wildman–Crippen MR) is 101 cm³/mol. The molecule has 0 atom stereocenters. The summed E-state index contributed by atoms with van der Waals surface area (Å²) in [6.07, 6.45) is 0. The first-order chi connectivity index (χ1) is 12.0. The molecule has 0 aromatic carbocycles. The van der Waals surface area contributed by atoms with Gasteiger partial charge in [0.15, 0.2) is 4.34 Å². The molecule has 0 aliphatic heterocycles. The fourth-order valence-electron chi connectivity index (χ4n) is 1.66. The zero-order chi connectivity index (χ0) is 17.8. The van der Waals surface area contributed by atoms with Gasteiger partial charge in [-0.1, -0.05) is 34.4 Å². The van der Waals surface area contributed by atoms with Gasteiger partial charge in [0.05, 0.1) is 10.6 Å².